The highest BCUT2D eigenvalue weighted by molar-refractivity contribution is 5.94. The lowest BCUT2D eigenvalue weighted by atomic mass is 10.2. The van der Waals surface area contributed by atoms with Crippen molar-refractivity contribution in [1.82, 2.24) is 0 Å². The molecule has 0 fully saturated rings. The van der Waals surface area contributed by atoms with Crippen LogP contribution in [0.2, 0.25) is 0 Å². The molecule has 1 heterocycles. The van der Waals surface area contributed by atoms with Gasteiger partial charge in [-0.3, -0.25) is 4.79 Å². The second kappa shape index (κ2) is 5.75. The molecular weight excluding hydrogens is 270 g/mol. The van der Waals surface area contributed by atoms with E-state index in [0.29, 0.717) is 17.2 Å². The van der Waals surface area contributed by atoms with Gasteiger partial charge < -0.3 is 19.5 Å². The van der Waals surface area contributed by atoms with E-state index in [2.05, 4.69) is 5.32 Å². The molecule has 5 heteroatoms. The molecule has 108 valence electrons. The Bertz CT molecular complexity index is 639. The van der Waals surface area contributed by atoms with Crippen molar-refractivity contribution in [2.75, 3.05) is 19.0 Å². The van der Waals surface area contributed by atoms with E-state index in [1.165, 1.54) is 0 Å². The normalized spacial score (nSPS) is 16.1. The SMILES string of the molecule is COc1ccc(NC(=O)[C@@H]2COc3ccccc3O2)cc1. The van der Waals surface area contributed by atoms with E-state index >= 15 is 0 Å². The van der Waals surface area contributed by atoms with E-state index in [0.717, 1.165) is 5.75 Å². The number of rotatable bonds is 3. The van der Waals surface area contributed by atoms with Crippen molar-refractivity contribution in [3.8, 4) is 17.2 Å². The average Bonchev–Trinajstić information content (AvgIpc) is 2.55. The molecule has 1 atom stereocenters. The number of fused-ring (bicyclic) bond motifs is 1. The van der Waals surface area contributed by atoms with Gasteiger partial charge in [-0.25, -0.2) is 0 Å². The molecule has 0 saturated carbocycles. The molecule has 1 aliphatic rings. The van der Waals surface area contributed by atoms with E-state index in [9.17, 15) is 4.79 Å². The Morgan fingerprint density at radius 1 is 1.14 bits per heavy atom. The van der Waals surface area contributed by atoms with Crippen LogP contribution in [-0.2, 0) is 4.79 Å². The fourth-order valence-electron chi connectivity index (χ4n) is 2.05. The molecule has 0 aromatic heterocycles. The van der Waals surface area contributed by atoms with Gasteiger partial charge in [-0.15, -0.1) is 0 Å². The van der Waals surface area contributed by atoms with Gasteiger partial charge in [0.25, 0.3) is 5.91 Å². The zero-order valence-corrected chi connectivity index (χ0v) is 11.5. The summed E-state index contributed by atoms with van der Waals surface area (Å²) < 4.78 is 16.2. The minimum absolute atomic E-state index is 0.193. The highest BCUT2D eigenvalue weighted by Crippen LogP contribution is 2.31. The van der Waals surface area contributed by atoms with Crippen LogP contribution in [0.25, 0.3) is 0 Å². The van der Waals surface area contributed by atoms with Crippen LogP contribution in [0.1, 0.15) is 0 Å². The fourth-order valence-corrected chi connectivity index (χ4v) is 2.05. The van der Waals surface area contributed by atoms with Crippen LogP contribution < -0.4 is 19.5 Å². The zero-order valence-electron chi connectivity index (χ0n) is 11.5. The van der Waals surface area contributed by atoms with Gasteiger partial charge in [-0.2, -0.15) is 0 Å². The summed E-state index contributed by atoms with van der Waals surface area (Å²) >= 11 is 0. The molecule has 1 amide bonds. The maximum Gasteiger partial charge on any atom is 0.269 e. The van der Waals surface area contributed by atoms with Gasteiger partial charge in [0, 0.05) is 5.69 Å². The van der Waals surface area contributed by atoms with E-state index in [4.69, 9.17) is 14.2 Å². The lowest BCUT2D eigenvalue weighted by Crippen LogP contribution is -2.40. The van der Waals surface area contributed by atoms with Gasteiger partial charge in [0.1, 0.15) is 12.4 Å². The first-order chi connectivity index (χ1) is 10.3. The molecule has 5 nitrogen and oxygen atoms in total. The summed E-state index contributed by atoms with van der Waals surface area (Å²) in [5.41, 5.74) is 0.684. The monoisotopic (exact) mass is 285 g/mol. The average molecular weight is 285 g/mol. The van der Waals surface area contributed by atoms with Gasteiger partial charge in [-0.1, -0.05) is 12.1 Å². The third-order valence-corrected chi connectivity index (χ3v) is 3.16. The smallest absolute Gasteiger partial charge is 0.269 e. The Morgan fingerprint density at radius 2 is 1.86 bits per heavy atom. The lowest BCUT2D eigenvalue weighted by molar-refractivity contribution is -0.125. The molecule has 0 unspecified atom stereocenters. The second-order valence-corrected chi connectivity index (χ2v) is 4.58. The minimum Gasteiger partial charge on any atom is -0.497 e. The molecule has 2 aromatic rings. The van der Waals surface area contributed by atoms with Crippen LogP contribution in [0.3, 0.4) is 0 Å². The molecule has 21 heavy (non-hydrogen) atoms. The third kappa shape index (κ3) is 2.91. The molecule has 0 saturated heterocycles. The number of hydrogen-bond donors (Lipinski definition) is 1. The highest BCUT2D eigenvalue weighted by atomic mass is 16.6. The highest BCUT2D eigenvalue weighted by Gasteiger charge is 2.27. The Balaban J connectivity index is 1.66. The Hall–Kier alpha value is -2.69. The quantitative estimate of drug-likeness (QED) is 0.941. The van der Waals surface area contributed by atoms with Gasteiger partial charge in [0.05, 0.1) is 7.11 Å². The molecule has 2 aromatic carbocycles. The molecule has 1 aliphatic heterocycles. The van der Waals surface area contributed by atoms with E-state index in [1.54, 1.807) is 37.4 Å². The van der Waals surface area contributed by atoms with E-state index in [-0.39, 0.29) is 12.5 Å². The summed E-state index contributed by atoms with van der Waals surface area (Å²) in [4.78, 5) is 12.2. The van der Waals surface area contributed by atoms with Crippen LogP contribution in [0.5, 0.6) is 17.2 Å². The molecule has 0 spiro atoms. The summed E-state index contributed by atoms with van der Waals surface area (Å²) in [5, 5.41) is 2.79. The summed E-state index contributed by atoms with van der Waals surface area (Å²) in [7, 11) is 1.60. The van der Waals surface area contributed by atoms with Crippen molar-refractivity contribution >= 4 is 11.6 Å². The Kier molecular flexibility index (Phi) is 3.64. The predicted octanol–water partition coefficient (Wildman–Crippen LogP) is 2.47. The minimum atomic E-state index is -0.665. The summed E-state index contributed by atoms with van der Waals surface area (Å²) in [6.45, 7) is 0.193. The summed E-state index contributed by atoms with van der Waals surface area (Å²) in [6.07, 6.45) is -0.665. The first-order valence-corrected chi connectivity index (χ1v) is 6.59. The molecule has 0 bridgehead atoms. The molecule has 0 aliphatic carbocycles. The van der Waals surface area contributed by atoms with Crippen molar-refractivity contribution in [3.63, 3.8) is 0 Å². The Morgan fingerprint density at radius 3 is 2.57 bits per heavy atom. The zero-order chi connectivity index (χ0) is 14.7. The number of ether oxygens (including phenoxy) is 3. The molecule has 0 radical (unpaired) electrons. The number of hydrogen-bond acceptors (Lipinski definition) is 4. The second-order valence-electron chi connectivity index (χ2n) is 4.58. The van der Waals surface area contributed by atoms with Crippen LogP contribution in [0.15, 0.2) is 48.5 Å². The Labute approximate surface area is 122 Å². The van der Waals surface area contributed by atoms with Crippen molar-refractivity contribution < 1.29 is 19.0 Å². The topological polar surface area (TPSA) is 56.8 Å². The number of carbonyl (C=O) groups is 1. The van der Waals surface area contributed by atoms with Crippen molar-refractivity contribution in [2.24, 2.45) is 0 Å². The van der Waals surface area contributed by atoms with Crippen LogP contribution >= 0.6 is 0 Å². The van der Waals surface area contributed by atoms with E-state index < -0.39 is 6.10 Å². The van der Waals surface area contributed by atoms with Crippen LogP contribution in [-0.4, -0.2) is 25.7 Å². The fraction of sp³-hybridized carbons (Fsp3) is 0.188. The standard InChI is InChI=1S/C16H15NO4/c1-19-12-8-6-11(7-9-12)17-16(18)15-10-20-13-4-2-3-5-14(13)21-15/h2-9,15H,10H2,1H3,(H,17,18)/t15-/m0/s1. The first-order valence-electron chi connectivity index (χ1n) is 6.59. The lowest BCUT2D eigenvalue weighted by Gasteiger charge is -2.25. The number of anilines is 1. The predicted molar refractivity (Wildman–Crippen MR) is 78.0 cm³/mol. The maximum atomic E-state index is 12.2. The molecule has 3 rings (SSSR count). The van der Waals surface area contributed by atoms with Crippen LogP contribution in [0, 0.1) is 0 Å². The van der Waals surface area contributed by atoms with E-state index in [1.807, 2.05) is 18.2 Å². The molecular formula is C16H15NO4. The number of methoxy groups -OCH3 is 1. The number of para-hydroxylation sites is 2. The maximum absolute atomic E-state index is 12.2. The van der Waals surface area contributed by atoms with Gasteiger partial charge >= 0.3 is 0 Å². The van der Waals surface area contributed by atoms with Gasteiger partial charge in [-0.05, 0) is 36.4 Å². The third-order valence-electron chi connectivity index (χ3n) is 3.16. The first kappa shape index (κ1) is 13.3. The molecule has 1 N–H and O–H groups in total. The van der Waals surface area contributed by atoms with Crippen LogP contribution in [0.4, 0.5) is 5.69 Å². The number of nitrogens with one attached hydrogen (secondary N) is 1. The van der Waals surface area contributed by atoms with Crippen molar-refractivity contribution in [3.05, 3.63) is 48.5 Å². The number of carbonyl (C=O) groups excluding carboxylic acids is 1. The summed E-state index contributed by atoms with van der Waals surface area (Å²) in [6, 6.07) is 14.4. The summed E-state index contributed by atoms with van der Waals surface area (Å²) in [5.74, 6) is 1.73. The largest absolute Gasteiger partial charge is 0.497 e. The number of amides is 1. The van der Waals surface area contributed by atoms with Gasteiger partial charge in [0.2, 0.25) is 6.10 Å². The van der Waals surface area contributed by atoms with Gasteiger partial charge in [0.15, 0.2) is 11.5 Å². The number of benzene rings is 2. The van der Waals surface area contributed by atoms with Crippen molar-refractivity contribution in [1.29, 1.82) is 0 Å². The van der Waals surface area contributed by atoms with Crippen molar-refractivity contribution in [2.45, 2.75) is 6.10 Å².